The smallest absolute Gasteiger partial charge is 0.129 e. The van der Waals surface area contributed by atoms with Crippen LogP contribution < -0.4 is 4.90 Å². The number of aromatic nitrogens is 3. The Morgan fingerprint density at radius 3 is 2.71 bits per heavy atom. The summed E-state index contributed by atoms with van der Waals surface area (Å²) in [7, 11) is 3.99. The highest BCUT2D eigenvalue weighted by atomic mass is 15.3. The summed E-state index contributed by atoms with van der Waals surface area (Å²) >= 11 is 0. The average molecular weight is 230 g/mol. The van der Waals surface area contributed by atoms with E-state index in [1.807, 2.05) is 49.2 Å². The quantitative estimate of drug-likeness (QED) is 0.811. The van der Waals surface area contributed by atoms with Gasteiger partial charge in [-0.3, -0.25) is 4.68 Å². The largest absolute Gasteiger partial charge is 0.353 e. The van der Waals surface area contributed by atoms with E-state index < -0.39 is 0 Å². The molecule has 0 bridgehead atoms. The summed E-state index contributed by atoms with van der Waals surface area (Å²) in [6.45, 7) is 4.16. The van der Waals surface area contributed by atoms with Crippen LogP contribution >= 0.6 is 0 Å². The normalized spacial score (nSPS) is 12.5. The average Bonchev–Trinajstić information content (AvgIpc) is 2.74. The Balaban J connectivity index is 2.22. The molecule has 2 rings (SSSR count). The number of rotatable bonds is 3. The second-order valence-corrected chi connectivity index (χ2v) is 4.37. The van der Waals surface area contributed by atoms with Gasteiger partial charge in [-0.15, -0.1) is 0 Å². The van der Waals surface area contributed by atoms with Crippen LogP contribution in [-0.4, -0.2) is 21.8 Å². The van der Waals surface area contributed by atoms with E-state index in [0.717, 1.165) is 11.5 Å². The lowest BCUT2D eigenvalue weighted by Gasteiger charge is -2.25. The first kappa shape index (κ1) is 11.6. The van der Waals surface area contributed by atoms with Gasteiger partial charge in [0.2, 0.25) is 0 Å². The summed E-state index contributed by atoms with van der Waals surface area (Å²) in [5.41, 5.74) is 2.23. The van der Waals surface area contributed by atoms with Crippen LogP contribution in [0.2, 0.25) is 0 Å². The highest BCUT2D eigenvalue weighted by Crippen LogP contribution is 2.23. The van der Waals surface area contributed by atoms with Gasteiger partial charge in [0, 0.05) is 31.5 Å². The summed E-state index contributed by atoms with van der Waals surface area (Å²) in [6, 6.07) is 6.33. The van der Waals surface area contributed by atoms with Crippen LogP contribution in [0.3, 0.4) is 0 Å². The van der Waals surface area contributed by atoms with Crippen LogP contribution in [0, 0.1) is 6.92 Å². The molecule has 0 spiro atoms. The first-order valence-corrected chi connectivity index (χ1v) is 5.73. The molecule has 2 aromatic rings. The van der Waals surface area contributed by atoms with Gasteiger partial charge in [-0.05, 0) is 26.0 Å². The molecule has 0 aliphatic carbocycles. The van der Waals surface area contributed by atoms with Crippen molar-refractivity contribution in [2.75, 3.05) is 11.9 Å². The molecular weight excluding hydrogens is 212 g/mol. The minimum Gasteiger partial charge on any atom is -0.353 e. The van der Waals surface area contributed by atoms with Crippen molar-refractivity contribution < 1.29 is 0 Å². The van der Waals surface area contributed by atoms with Crippen molar-refractivity contribution in [3.63, 3.8) is 0 Å². The molecule has 0 aliphatic heterocycles. The van der Waals surface area contributed by atoms with E-state index in [1.165, 1.54) is 5.56 Å². The van der Waals surface area contributed by atoms with Crippen molar-refractivity contribution in [1.29, 1.82) is 0 Å². The molecule has 0 fully saturated rings. The lowest BCUT2D eigenvalue weighted by atomic mass is 10.1. The Morgan fingerprint density at radius 1 is 1.35 bits per heavy atom. The summed E-state index contributed by atoms with van der Waals surface area (Å²) in [5.74, 6) is 0.987. The maximum Gasteiger partial charge on any atom is 0.129 e. The van der Waals surface area contributed by atoms with Gasteiger partial charge in [-0.25, -0.2) is 4.98 Å². The number of hydrogen-bond donors (Lipinski definition) is 0. The van der Waals surface area contributed by atoms with Gasteiger partial charge >= 0.3 is 0 Å². The molecule has 0 radical (unpaired) electrons. The Hall–Kier alpha value is -1.84. The molecule has 2 aromatic heterocycles. The maximum atomic E-state index is 4.53. The molecule has 2 heterocycles. The maximum absolute atomic E-state index is 4.53. The van der Waals surface area contributed by atoms with Gasteiger partial charge in [0.15, 0.2) is 0 Å². The van der Waals surface area contributed by atoms with Crippen molar-refractivity contribution in [1.82, 2.24) is 14.8 Å². The van der Waals surface area contributed by atoms with Gasteiger partial charge in [0.25, 0.3) is 0 Å². The minimum absolute atomic E-state index is 0.262. The van der Waals surface area contributed by atoms with Gasteiger partial charge in [0.05, 0.1) is 12.2 Å². The van der Waals surface area contributed by atoms with Crippen molar-refractivity contribution in [2.24, 2.45) is 7.05 Å². The zero-order chi connectivity index (χ0) is 12.4. The molecular formula is C13H18N4. The molecule has 90 valence electrons. The first-order chi connectivity index (χ1) is 8.08. The van der Waals surface area contributed by atoms with Crippen molar-refractivity contribution >= 4 is 5.82 Å². The number of nitrogens with zero attached hydrogens (tertiary/aromatic N) is 4. The zero-order valence-corrected chi connectivity index (χ0v) is 10.8. The molecule has 0 aromatic carbocycles. The van der Waals surface area contributed by atoms with E-state index in [1.54, 1.807) is 0 Å². The number of pyridine rings is 1. The van der Waals surface area contributed by atoms with E-state index in [0.29, 0.717) is 0 Å². The Morgan fingerprint density at radius 2 is 2.12 bits per heavy atom. The first-order valence-electron chi connectivity index (χ1n) is 5.73. The van der Waals surface area contributed by atoms with E-state index in [9.17, 15) is 0 Å². The third kappa shape index (κ3) is 2.46. The molecule has 0 saturated heterocycles. The molecule has 17 heavy (non-hydrogen) atoms. The predicted molar refractivity (Wildman–Crippen MR) is 69.0 cm³/mol. The lowest BCUT2D eigenvalue weighted by molar-refractivity contribution is 0.722. The van der Waals surface area contributed by atoms with Crippen LogP contribution in [0.15, 0.2) is 30.6 Å². The third-order valence-corrected chi connectivity index (χ3v) is 3.02. The molecule has 0 amide bonds. The minimum atomic E-state index is 0.262. The SMILES string of the molecule is Cc1cccc(N(C)[C@H](C)c2cnn(C)c2)n1. The van der Waals surface area contributed by atoms with Gasteiger partial charge in [-0.1, -0.05) is 6.07 Å². The van der Waals surface area contributed by atoms with Crippen LogP contribution in [-0.2, 0) is 7.05 Å². The van der Waals surface area contributed by atoms with Crippen molar-refractivity contribution in [3.8, 4) is 0 Å². The fourth-order valence-electron chi connectivity index (χ4n) is 1.80. The Labute approximate surface area is 102 Å². The molecule has 4 nitrogen and oxygen atoms in total. The topological polar surface area (TPSA) is 34.0 Å². The zero-order valence-electron chi connectivity index (χ0n) is 10.8. The number of aryl methyl sites for hydroxylation is 2. The van der Waals surface area contributed by atoms with E-state index >= 15 is 0 Å². The van der Waals surface area contributed by atoms with Crippen molar-refractivity contribution in [2.45, 2.75) is 19.9 Å². The molecule has 0 saturated carbocycles. The monoisotopic (exact) mass is 230 g/mol. The van der Waals surface area contributed by atoms with Crippen LogP contribution in [0.5, 0.6) is 0 Å². The van der Waals surface area contributed by atoms with E-state index in [4.69, 9.17) is 0 Å². The second kappa shape index (κ2) is 4.57. The van der Waals surface area contributed by atoms with Crippen LogP contribution in [0.1, 0.15) is 24.2 Å². The summed E-state index contributed by atoms with van der Waals surface area (Å²) < 4.78 is 1.82. The highest BCUT2D eigenvalue weighted by molar-refractivity contribution is 5.41. The molecule has 0 N–H and O–H groups in total. The number of hydrogen-bond acceptors (Lipinski definition) is 3. The molecule has 4 heteroatoms. The van der Waals surface area contributed by atoms with Crippen molar-refractivity contribution in [3.05, 3.63) is 41.9 Å². The molecule has 1 atom stereocenters. The van der Waals surface area contributed by atoms with Crippen LogP contribution in [0.25, 0.3) is 0 Å². The van der Waals surface area contributed by atoms with Crippen LogP contribution in [0.4, 0.5) is 5.82 Å². The fraction of sp³-hybridized carbons (Fsp3) is 0.385. The van der Waals surface area contributed by atoms with E-state index in [2.05, 4.69) is 29.0 Å². The second-order valence-electron chi connectivity index (χ2n) is 4.37. The third-order valence-electron chi connectivity index (χ3n) is 3.02. The number of anilines is 1. The van der Waals surface area contributed by atoms with Gasteiger partial charge in [-0.2, -0.15) is 5.10 Å². The summed E-state index contributed by atoms with van der Waals surface area (Å²) in [4.78, 5) is 6.68. The van der Waals surface area contributed by atoms with E-state index in [-0.39, 0.29) is 6.04 Å². The molecule has 0 unspecified atom stereocenters. The van der Waals surface area contributed by atoms with Gasteiger partial charge < -0.3 is 4.90 Å². The summed E-state index contributed by atoms with van der Waals surface area (Å²) in [6.07, 6.45) is 3.94. The fourth-order valence-corrected chi connectivity index (χ4v) is 1.80. The molecule has 0 aliphatic rings. The highest BCUT2D eigenvalue weighted by Gasteiger charge is 2.14. The summed E-state index contributed by atoms with van der Waals surface area (Å²) in [5, 5.41) is 4.20. The Kier molecular flexibility index (Phi) is 3.13. The standard InChI is InChI=1S/C13H18N4/c1-10-6-5-7-13(15-10)17(4)11(2)12-8-14-16(3)9-12/h5-9,11H,1-4H3/t11-/m1/s1. The predicted octanol–water partition coefficient (Wildman–Crippen LogP) is 2.32. The van der Waals surface area contributed by atoms with Gasteiger partial charge in [0.1, 0.15) is 5.82 Å². The Bertz CT molecular complexity index is 504. The lowest BCUT2D eigenvalue weighted by Crippen LogP contribution is -2.22.